The van der Waals surface area contributed by atoms with Gasteiger partial charge < -0.3 is 15.6 Å². The molecule has 1 aromatic carbocycles. The van der Waals surface area contributed by atoms with E-state index in [9.17, 15) is 8.42 Å². The van der Waals surface area contributed by atoms with Crippen LogP contribution >= 0.6 is 0 Å². The van der Waals surface area contributed by atoms with Crippen molar-refractivity contribution in [2.45, 2.75) is 18.7 Å². The Morgan fingerprint density at radius 2 is 2.05 bits per heavy atom. The molecule has 0 atom stereocenters. The van der Waals surface area contributed by atoms with Crippen LogP contribution in [0.4, 0.5) is 5.69 Å². The van der Waals surface area contributed by atoms with Gasteiger partial charge in [-0.2, -0.15) is 0 Å². The van der Waals surface area contributed by atoms with E-state index in [0.717, 1.165) is 0 Å². The zero-order valence-corrected chi connectivity index (χ0v) is 12.1. The molecule has 19 heavy (non-hydrogen) atoms. The fraction of sp³-hybridized carbons (Fsp3) is 0.500. The summed E-state index contributed by atoms with van der Waals surface area (Å²) in [5.74, 6) is 0.493. The molecule has 0 fully saturated rings. The minimum absolute atomic E-state index is 0.00189. The number of methoxy groups -OCH3 is 1. The number of hydrogen-bond acceptors (Lipinski definition) is 5. The fourth-order valence-corrected chi connectivity index (χ4v) is 2.67. The van der Waals surface area contributed by atoms with Gasteiger partial charge in [0, 0.05) is 24.6 Å². The maximum atomic E-state index is 12.1. The SMILES string of the molecule is COc1ccc(S(=O)(=O)NCC(C)(C)CO)c(N)c1. The lowest BCUT2D eigenvalue weighted by Crippen LogP contribution is -2.36. The molecule has 1 rings (SSSR count). The zero-order valence-electron chi connectivity index (χ0n) is 11.3. The van der Waals surface area contributed by atoms with E-state index in [-0.39, 0.29) is 23.7 Å². The van der Waals surface area contributed by atoms with Gasteiger partial charge in [-0.05, 0) is 12.1 Å². The quantitative estimate of drug-likeness (QED) is 0.664. The number of nitrogens with one attached hydrogen (secondary N) is 1. The summed E-state index contributed by atoms with van der Waals surface area (Å²) in [7, 11) is -2.22. The highest BCUT2D eigenvalue weighted by molar-refractivity contribution is 7.89. The number of aliphatic hydroxyl groups is 1. The van der Waals surface area contributed by atoms with E-state index >= 15 is 0 Å². The summed E-state index contributed by atoms with van der Waals surface area (Å²) in [5.41, 5.74) is 5.29. The number of benzene rings is 1. The summed E-state index contributed by atoms with van der Waals surface area (Å²) < 4.78 is 31.6. The van der Waals surface area contributed by atoms with E-state index in [1.54, 1.807) is 13.8 Å². The van der Waals surface area contributed by atoms with Crippen molar-refractivity contribution in [3.05, 3.63) is 18.2 Å². The first-order valence-corrected chi connectivity index (χ1v) is 7.24. The molecule has 0 aliphatic carbocycles. The third-order valence-electron chi connectivity index (χ3n) is 2.68. The summed E-state index contributed by atoms with van der Waals surface area (Å²) in [6.07, 6.45) is 0. The lowest BCUT2D eigenvalue weighted by Gasteiger charge is -2.22. The molecule has 0 saturated carbocycles. The van der Waals surface area contributed by atoms with Gasteiger partial charge in [-0.15, -0.1) is 0 Å². The molecule has 0 radical (unpaired) electrons. The molecular weight excluding hydrogens is 268 g/mol. The Labute approximate surface area is 113 Å². The van der Waals surface area contributed by atoms with Crippen molar-refractivity contribution in [3.8, 4) is 5.75 Å². The van der Waals surface area contributed by atoms with Crippen molar-refractivity contribution in [1.29, 1.82) is 0 Å². The second-order valence-corrected chi connectivity index (χ2v) is 6.79. The van der Waals surface area contributed by atoms with Crippen LogP contribution in [0.25, 0.3) is 0 Å². The summed E-state index contributed by atoms with van der Waals surface area (Å²) in [5, 5.41) is 9.11. The highest BCUT2D eigenvalue weighted by Crippen LogP contribution is 2.24. The van der Waals surface area contributed by atoms with Gasteiger partial charge in [-0.1, -0.05) is 13.8 Å². The fourth-order valence-electron chi connectivity index (χ4n) is 1.32. The third-order valence-corrected chi connectivity index (χ3v) is 4.15. The van der Waals surface area contributed by atoms with Crippen LogP contribution in [-0.2, 0) is 10.0 Å². The zero-order chi connectivity index (χ0) is 14.7. The average Bonchev–Trinajstić information content (AvgIpc) is 2.36. The predicted octanol–water partition coefficient (Wildman–Crippen LogP) is 0.574. The summed E-state index contributed by atoms with van der Waals surface area (Å²) >= 11 is 0. The lowest BCUT2D eigenvalue weighted by molar-refractivity contribution is 0.163. The minimum atomic E-state index is -3.70. The van der Waals surface area contributed by atoms with Crippen molar-refractivity contribution in [1.82, 2.24) is 4.72 Å². The normalized spacial score (nSPS) is 12.4. The average molecular weight is 288 g/mol. The number of sulfonamides is 1. The second-order valence-electron chi connectivity index (χ2n) is 5.05. The number of nitrogen functional groups attached to an aromatic ring is 1. The smallest absolute Gasteiger partial charge is 0.242 e. The molecule has 0 aromatic heterocycles. The summed E-state index contributed by atoms with van der Waals surface area (Å²) in [4.78, 5) is 0.00189. The standard InChI is InChI=1S/C12H20N2O4S/c1-12(2,8-15)7-14-19(16,17)11-5-4-9(18-3)6-10(11)13/h4-6,14-15H,7-8,13H2,1-3H3. The van der Waals surface area contributed by atoms with E-state index < -0.39 is 15.4 Å². The van der Waals surface area contributed by atoms with Gasteiger partial charge in [0.25, 0.3) is 0 Å². The first-order chi connectivity index (χ1) is 8.72. The van der Waals surface area contributed by atoms with Crippen LogP contribution < -0.4 is 15.2 Å². The van der Waals surface area contributed by atoms with Crippen molar-refractivity contribution in [2.24, 2.45) is 5.41 Å². The molecule has 108 valence electrons. The van der Waals surface area contributed by atoms with Gasteiger partial charge >= 0.3 is 0 Å². The highest BCUT2D eigenvalue weighted by atomic mass is 32.2. The Morgan fingerprint density at radius 3 is 2.53 bits per heavy atom. The number of anilines is 1. The molecule has 7 heteroatoms. The molecule has 0 unspecified atom stereocenters. The van der Waals surface area contributed by atoms with Gasteiger partial charge in [0.15, 0.2) is 0 Å². The molecule has 0 amide bonds. The number of hydrogen-bond donors (Lipinski definition) is 3. The van der Waals surface area contributed by atoms with Crippen molar-refractivity contribution in [3.63, 3.8) is 0 Å². The number of aliphatic hydroxyl groups excluding tert-OH is 1. The Hall–Kier alpha value is -1.31. The van der Waals surface area contributed by atoms with Crippen LogP contribution in [0, 0.1) is 5.41 Å². The van der Waals surface area contributed by atoms with Crippen LogP contribution in [0.2, 0.25) is 0 Å². The topological polar surface area (TPSA) is 102 Å². The monoisotopic (exact) mass is 288 g/mol. The first-order valence-electron chi connectivity index (χ1n) is 5.76. The molecular formula is C12H20N2O4S. The van der Waals surface area contributed by atoms with Crippen molar-refractivity contribution in [2.75, 3.05) is 26.0 Å². The maximum Gasteiger partial charge on any atom is 0.242 e. The Morgan fingerprint density at radius 1 is 1.42 bits per heavy atom. The molecule has 0 heterocycles. The number of nitrogens with two attached hydrogens (primary N) is 1. The Bertz CT molecular complexity index is 541. The molecule has 1 aromatic rings. The summed E-state index contributed by atoms with van der Waals surface area (Å²) in [6.45, 7) is 3.52. The maximum absolute atomic E-state index is 12.1. The Kier molecular flexibility index (Phi) is 4.78. The van der Waals surface area contributed by atoms with Crippen LogP contribution in [0.5, 0.6) is 5.75 Å². The molecule has 0 spiro atoms. The predicted molar refractivity (Wildman–Crippen MR) is 73.5 cm³/mol. The van der Waals surface area contributed by atoms with Crippen molar-refractivity contribution >= 4 is 15.7 Å². The molecule has 0 aliphatic rings. The van der Waals surface area contributed by atoms with Crippen LogP contribution in [-0.4, -0.2) is 33.8 Å². The van der Waals surface area contributed by atoms with Crippen LogP contribution in [0.15, 0.2) is 23.1 Å². The largest absolute Gasteiger partial charge is 0.497 e. The van der Waals surface area contributed by atoms with E-state index in [1.807, 2.05) is 0 Å². The van der Waals surface area contributed by atoms with E-state index in [2.05, 4.69) is 4.72 Å². The molecule has 0 aliphatic heterocycles. The van der Waals surface area contributed by atoms with E-state index in [4.69, 9.17) is 15.6 Å². The number of ether oxygens (including phenoxy) is 1. The highest BCUT2D eigenvalue weighted by Gasteiger charge is 2.23. The van der Waals surface area contributed by atoms with E-state index in [1.165, 1.54) is 25.3 Å². The van der Waals surface area contributed by atoms with Crippen LogP contribution in [0.3, 0.4) is 0 Å². The van der Waals surface area contributed by atoms with Crippen molar-refractivity contribution < 1.29 is 18.3 Å². The third kappa shape index (κ3) is 4.09. The van der Waals surface area contributed by atoms with Gasteiger partial charge in [-0.3, -0.25) is 0 Å². The van der Waals surface area contributed by atoms with Gasteiger partial charge in [0.05, 0.1) is 12.8 Å². The first kappa shape index (κ1) is 15.7. The molecule has 0 bridgehead atoms. The summed E-state index contributed by atoms with van der Waals surface area (Å²) in [6, 6.07) is 4.37. The number of rotatable bonds is 6. The van der Waals surface area contributed by atoms with Gasteiger partial charge in [-0.25, -0.2) is 13.1 Å². The lowest BCUT2D eigenvalue weighted by atomic mass is 9.96. The molecule has 0 saturated heterocycles. The minimum Gasteiger partial charge on any atom is -0.497 e. The Balaban J connectivity index is 2.95. The second kappa shape index (κ2) is 5.77. The van der Waals surface area contributed by atoms with Gasteiger partial charge in [0.2, 0.25) is 10.0 Å². The molecule has 4 N–H and O–H groups in total. The van der Waals surface area contributed by atoms with Crippen LogP contribution in [0.1, 0.15) is 13.8 Å². The van der Waals surface area contributed by atoms with Gasteiger partial charge in [0.1, 0.15) is 10.6 Å². The molecule has 6 nitrogen and oxygen atoms in total. The van der Waals surface area contributed by atoms with E-state index in [0.29, 0.717) is 5.75 Å².